The number of aromatic amines is 1. The second-order valence-electron chi connectivity index (χ2n) is 5.97. The second kappa shape index (κ2) is 7.14. The lowest BCUT2D eigenvalue weighted by Crippen LogP contribution is -2.11. The lowest BCUT2D eigenvalue weighted by Gasteiger charge is -2.10. The van der Waals surface area contributed by atoms with Crippen LogP contribution in [0.4, 0.5) is 0 Å². The minimum absolute atomic E-state index is 0.171. The van der Waals surface area contributed by atoms with Crippen molar-refractivity contribution in [2.75, 3.05) is 13.2 Å². The second-order valence-corrected chi connectivity index (χ2v) is 6.41. The molecule has 7 heteroatoms. The summed E-state index contributed by atoms with van der Waals surface area (Å²) in [6.07, 6.45) is 2.41. The first-order valence-corrected chi connectivity index (χ1v) is 8.74. The minimum Gasteiger partial charge on any atom is -0.490 e. The van der Waals surface area contributed by atoms with Crippen LogP contribution in [0.2, 0.25) is 5.02 Å². The number of rotatable bonds is 2. The van der Waals surface area contributed by atoms with Crippen molar-refractivity contribution in [3.63, 3.8) is 0 Å². The summed E-state index contributed by atoms with van der Waals surface area (Å²) < 4.78 is 11.5. The summed E-state index contributed by atoms with van der Waals surface area (Å²) in [4.78, 5) is 19.4. The van der Waals surface area contributed by atoms with E-state index < -0.39 is 0 Å². The number of benzene rings is 2. The molecule has 0 saturated carbocycles. The lowest BCUT2D eigenvalue weighted by molar-refractivity contribution is 0.296. The molecule has 1 aromatic heterocycles. The molecule has 0 bridgehead atoms. The van der Waals surface area contributed by atoms with Crippen molar-refractivity contribution >= 4 is 34.2 Å². The molecule has 0 fully saturated rings. The number of H-pyrrole nitrogens is 1. The first kappa shape index (κ1) is 17.1. The Morgan fingerprint density at radius 3 is 2.96 bits per heavy atom. The van der Waals surface area contributed by atoms with Crippen molar-refractivity contribution in [1.82, 2.24) is 9.97 Å². The van der Waals surface area contributed by atoms with E-state index in [1.807, 2.05) is 18.2 Å². The molecule has 0 aliphatic carbocycles. The van der Waals surface area contributed by atoms with Gasteiger partial charge in [-0.25, -0.2) is 4.98 Å². The molecule has 2 heterocycles. The number of nitriles is 1. The van der Waals surface area contributed by atoms with E-state index in [2.05, 4.69) is 16.0 Å². The average Bonchev–Trinajstić information content (AvgIpc) is 2.91. The fourth-order valence-electron chi connectivity index (χ4n) is 2.88. The summed E-state index contributed by atoms with van der Waals surface area (Å²) in [5.74, 6) is 1.38. The van der Waals surface area contributed by atoms with Gasteiger partial charge < -0.3 is 14.5 Å². The zero-order valence-electron chi connectivity index (χ0n) is 14.2. The molecule has 134 valence electrons. The van der Waals surface area contributed by atoms with Crippen molar-refractivity contribution < 1.29 is 9.47 Å². The Labute approximate surface area is 159 Å². The van der Waals surface area contributed by atoms with Crippen molar-refractivity contribution in [2.24, 2.45) is 0 Å². The summed E-state index contributed by atoms with van der Waals surface area (Å²) in [7, 11) is 0. The normalized spacial score (nSPS) is 13.9. The van der Waals surface area contributed by atoms with Crippen LogP contribution in [0.5, 0.6) is 11.5 Å². The Morgan fingerprint density at radius 2 is 2.11 bits per heavy atom. The third-order valence-electron chi connectivity index (χ3n) is 4.15. The van der Waals surface area contributed by atoms with Crippen molar-refractivity contribution in [3.05, 3.63) is 63.2 Å². The third kappa shape index (κ3) is 3.37. The highest BCUT2D eigenvalue weighted by Crippen LogP contribution is 2.35. The third-order valence-corrected chi connectivity index (χ3v) is 4.38. The number of allylic oxidation sites excluding steroid dienone is 1. The van der Waals surface area contributed by atoms with Crippen LogP contribution in [0.3, 0.4) is 0 Å². The molecule has 27 heavy (non-hydrogen) atoms. The van der Waals surface area contributed by atoms with Gasteiger partial charge in [0.15, 0.2) is 17.3 Å². The Bertz CT molecular complexity index is 1160. The number of nitrogens with one attached hydrogen (secondary N) is 1. The molecule has 2 aromatic carbocycles. The standard InChI is InChI=1S/C20H14ClN3O3/c21-14-5-6-15-16(10-14)23-19(24-20(15)25)13(11-22)9-12-3-1-4-17-18(12)27-8-2-7-26-17/h1,3-6,9-10H,2,7-8H2,(H,23,24,25)/b13-9+. The molecule has 1 aliphatic heterocycles. The first-order chi connectivity index (χ1) is 13.2. The van der Waals surface area contributed by atoms with Gasteiger partial charge in [0.05, 0.1) is 29.7 Å². The van der Waals surface area contributed by atoms with Gasteiger partial charge in [0.2, 0.25) is 0 Å². The molecule has 3 aromatic rings. The van der Waals surface area contributed by atoms with Crippen LogP contribution in [0.25, 0.3) is 22.6 Å². The van der Waals surface area contributed by atoms with Crippen LogP contribution >= 0.6 is 11.6 Å². The molecule has 0 radical (unpaired) electrons. The molecule has 1 N–H and O–H groups in total. The van der Waals surface area contributed by atoms with Gasteiger partial charge >= 0.3 is 0 Å². The van der Waals surface area contributed by atoms with Gasteiger partial charge in [0, 0.05) is 17.0 Å². The van der Waals surface area contributed by atoms with Crippen LogP contribution in [0.1, 0.15) is 17.8 Å². The van der Waals surface area contributed by atoms with Crippen LogP contribution in [0.15, 0.2) is 41.2 Å². The Hall–Kier alpha value is -3.30. The number of hydrogen-bond acceptors (Lipinski definition) is 5. The summed E-state index contributed by atoms with van der Waals surface area (Å²) in [6.45, 7) is 1.11. The molecule has 0 unspecified atom stereocenters. The Morgan fingerprint density at radius 1 is 1.26 bits per heavy atom. The molecule has 0 spiro atoms. The van der Waals surface area contributed by atoms with E-state index in [1.165, 1.54) is 0 Å². The van der Waals surface area contributed by atoms with Gasteiger partial charge in [-0.3, -0.25) is 4.79 Å². The molecule has 0 atom stereocenters. The fraction of sp³-hybridized carbons (Fsp3) is 0.150. The maximum atomic E-state index is 12.3. The van der Waals surface area contributed by atoms with Crippen molar-refractivity contribution in [1.29, 1.82) is 5.26 Å². The topological polar surface area (TPSA) is 88.0 Å². The highest BCUT2D eigenvalue weighted by Gasteiger charge is 2.15. The van der Waals surface area contributed by atoms with Gasteiger partial charge in [-0.2, -0.15) is 5.26 Å². The monoisotopic (exact) mass is 379 g/mol. The summed E-state index contributed by atoms with van der Waals surface area (Å²) in [5, 5.41) is 10.5. The van der Waals surface area contributed by atoms with E-state index in [0.29, 0.717) is 46.2 Å². The highest BCUT2D eigenvalue weighted by molar-refractivity contribution is 6.31. The van der Waals surface area contributed by atoms with E-state index in [4.69, 9.17) is 21.1 Å². The average molecular weight is 380 g/mol. The number of hydrogen-bond donors (Lipinski definition) is 1. The van der Waals surface area contributed by atoms with Crippen molar-refractivity contribution in [3.8, 4) is 17.6 Å². The summed E-state index contributed by atoms with van der Waals surface area (Å²) in [6, 6.07) is 12.4. The minimum atomic E-state index is -0.334. The molecular weight excluding hydrogens is 366 g/mol. The van der Waals surface area contributed by atoms with E-state index in [-0.39, 0.29) is 17.0 Å². The maximum Gasteiger partial charge on any atom is 0.259 e. The fourth-order valence-corrected chi connectivity index (χ4v) is 3.05. The van der Waals surface area contributed by atoms with Crippen LogP contribution in [-0.2, 0) is 0 Å². The number of nitrogens with zero attached hydrogens (tertiary/aromatic N) is 2. The largest absolute Gasteiger partial charge is 0.490 e. The lowest BCUT2D eigenvalue weighted by atomic mass is 10.1. The number of para-hydroxylation sites is 1. The maximum absolute atomic E-state index is 12.3. The van der Waals surface area contributed by atoms with Crippen molar-refractivity contribution in [2.45, 2.75) is 6.42 Å². The quantitative estimate of drug-likeness (QED) is 0.684. The number of fused-ring (bicyclic) bond motifs is 2. The smallest absolute Gasteiger partial charge is 0.259 e. The van der Waals surface area contributed by atoms with Gasteiger partial charge in [-0.05, 0) is 30.3 Å². The van der Waals surface area contributed by atoms with E-state index in [1.54, 1.807) is 24.3 Å². The Balaban J connectivity index is 1.85. The predicted octanol–water partition coefficient (Wildman–Crippen LogP) is 3.80. The van der Waals surface area contributed by atoms with E-state index >= 15 is 0 Å². The number of aromatic nitrogens is 2. The molecule has 0 saturated heterocycles. The first-order valence-electron chi connectivity index (χ1n) is 8.36. The predicted molar refractivity (Wildman–Crippen MR) is 103 cm³/mol. The summed E-state index contributed by atoms with van der Waals surface area (Å²) >= 11 is 6.00. The van der Waals surface area contributed by atoms with E-state index in [0.717, 1.165) is 6.42 Å². The van der Waals surface area contributed by atoms with Crippen LogP contribution in [0, 0.1) is 11.3 Å². The Kier molecular flexibility index (Phi) is 4.53. The summed E-state index contributed by atoms with van der Waals surface area (Å²) in [5.41, 5.74) is 0.975. The molecular formula is C20H14ClN3O3. The molecule has 1 aliphatic rings. The van der Waals surface area contributed by atoms with Gasteiger partial charge in [0.25, 0.3) is 5.56 Å². The van der Waals surface area contributed by atoms with Gasteiger partial charge in [-0.1, -0.05) is 23.7 Å². The number of ether oxygens (including phenoxy) is 2. The zero-order chi connectivity index (χ0) is 18.8. The number of halogens is 1. The van der Waals surface area contributed by atoms with Crippen LogP contribution < -0.4 is 15.0 Å². The van der Waals surface area contributed by atoms with Gasteiger partial charge in [-0.15, -0.1) is 0 Å². The highest BCUT2D eigenvalue weighted by atomic mass is 35.5. The SMILES string of the molecule is N#C/C(=C\c1cccc2c1OCCCO2)c1nc2cc(Cl)ccc2c(=O)[nH]1. The molecule has 0 amide bonds. The van der Waals surface area contributed by atoms with Gasteiger partial charge in [0.1, 0.15) is 6.07 Å². The molecule has 4 rings (SSSR count). The molecule has 6 nitrogen and oxygen atoms in total. The van der Waals surface area contributed by atoms with E-state index in [9.17, 15) is 10.1 Å². The zero-order valence-corrected chi connectivity index (χ0v) is 14.9. The van der Waals surface area contributed by atoms with Crippen LogP contribution in [-0.4, -0.2) is 23.2 Å².